The Labute approximate surface area is 216 Å². The van der Waals surface area contributed by atoms with Gasteiger partial charge in [-0.25, -0.2) is 4.79 Å². The molecule has 6 nitrogen and oxygen atoms in total. The van der Waals surface area contributed by atoms with Crippen LogP contribution in [-0.2, 0) is 9.53 Å². The van der Waals surface area contributed by atoms with Gasteiger partial charge in [0, 0.05) is 12.1 Å². The molecule has 1 atom stereocenters. The zero-order chi connectivity index (χ0) is 28.0. The van der Waals surface area contributed by atoms with Crippen molar-refractivity contribution in [2.45, 2.75) is 114 Å². The standard InChI is InChI=1S/C12H15NO2.C8H18.C7H15NO2.C2H6/c1-8-4-5-11(9(2)6-8)12(15)13-7-10(3)14;1-4-6-7-8(3)5-2;1-5-8-6(9)10-7(2,3)4;1-2/h4-6H,7H2,1-3H3,(H,13,15);8H,4-7H2,1-3H3;5H2,1-4H3,(H,8,9);1-2H3/t;8-;;/m.1../s1. The van der Waals surface area contributed by atoms with E-state index in [1.807, 2.05) is 67.5 Å². The molecule has 0 spiro atoms. The highest BCUT2D eigenvalue weighted by Gasteiger charge is 2.14. The summed E-state index contributed by atoms with van der Waals surface area (Å²) in [7, 11) is 0. The Hall–Kier alpha value is -2.37. The summed E-state index contributed by atoms with van der Waals surface area (Å²) in [4.78, 5) is 33.0. The molecule has 1 rings (SSSR count). The van der Waals surface area contributed by atoms with Crippen LogP contribution in [0.2, 0.25) is 0 Å². The maximum Gasteiger partial charge on any atom is 0.407 e. The Kier molecular flexibility index (Phi) is 23.5. The van der Waals surface area contributed by atoms with E-state index in [2.05, 4.69) is 31.4 Å². The van der Waals surface area contributed by atoms with Crippen molar-refractivity contribution in [1.82, 2.24) is 10.6 Å². The average Bonchev–Trinajstić information content (AvgIpc) is 2.77. The zero-order valence-electron chi connectivity index (χ0n) is 24.7. The number of rotatable bonds is 8. The van der Waals surface area contributed by atoms with E-state index in [4.69, 9.17) is 4.74 Å². The van der Waals surface area contributed by atoms with Gasteiger partial charge in [-0.05, 0) is 66.0 Å². The topological polar surface area (TPSA) is 84.5 Å². The van der Waals surface area contributed by atoms with Crippen LogP contribution >= 0.6 is 0 Å². The molecule has 0 saturated carbocycles. The van der Waals surface area contributed by atoms with Crippen LogP contribution in [0.1, 0.15) is 116 Å². The molecule has 0 radical (unpaired) electrons. The summed E-state index contributed by atoms with van der Waals surface area (Å²) in [5, 5.41) is 5.11. The fourth-order valence-electron chi connectivity index (χ4n) is 2.58. The summed E-state index contributed by atoms with van der Waals surface area (Å²) >= 11 is 0. The number of unbranched alkanes of at least 4 members (excludes halogenated alkanes) is 1. The molecule has 35 heavy (non-hydrogen) atoms. The Bertz CT molecular complexity index is 709. The van der Waals surface area contributed by atoms with Gasteiger partial charge in [-0.3, -0.25) is 9.59 Å². The van der Waals surface area contributed by atoms with Crippen LogP contribution in [0.4, 0.5) is 4.79 Å². The van der Waals surface area contributed by atoms with E-state index in [1.165, 1.54) is 32.6 Å². The molecular weight excluding hydrogens is 440 g/mol. The van der Waals surface area contributed by atoms with Crippen LogP contribution in [0.15, 0.2) is 18.2 Å². The van der Waals surface area contributed by atoms with Crippen molar-refractivity contribution in [2.75, 3.05) is 13.1 Å². The van der Waals surface area contributed by atoms with Gasteiger partial charge in [0.05, 0.1) is 6.54 Å². The summed E-state index contributed by atoms with van der Waals surface area (Å²) in [5.41, 5.74) is 2.28. The molecular formula is C29H54N2O4. The lowest BCUT2D eigenvalue weighted by Gasteiger charge is -2.19. The molecule has 0 fully saturated rings. The number of amides is 2. The van der Waals surface area contributed by atoms with E-state index in [1.54, 1.807) is 6.07 Å². The van der Waals surface area contributed by atoms with Crippen LogP contribution in [-0.4, -0.2) is 36.5 Å². The maximum atomic E-state index is 11.6. The highest BCUT2D eigenvalue weighted by atomic mass is 16.6. The summed E-state index contributed by atoms with van der Waals surface area (Å²) in [6.45, 7) is 24.2. The van der Waals surface area contributed by atoms with E-state index in [-0.39, 0.29) is 29.9 Å². The Balaban J connectivity index is -0.000000448. The molecule has 0 aliphatic heterocycles. The lowest BCUT2D eigenvalue weighted by atomic mass is 10.0. The minimum Gasteiger partial charge on any atom is -0.444 e. The van der Waals surface area contributed by atoms with Crippen molar-refractivity contribution in [3.05, 3.63) is 34.9 Å². The molecule has 1 aromatic carbocycles. The van der Waals surface area contributed by atoms with Crippen molar-refractivity contribution < 1.29 is 19.1 Å². The third kappa shape index (κ3) is 24.6. The number of carbonyl (C=O) groups excluding carboxylic acids is 3. The molecule has 0 bridgehead atoms. The number of hydrogen-bond acceptors (Lipinski definition) is 4. The van der Waals surface area contributed by atoms with Gasteiger partial charge >= 0.3 is 6.09 Å². The van der Waals surface area contributed by atoms with E-state index < -0.39 is 0 Å². The fraction of sp³-hybridized carbons (Fsp3) is 0.690. The van der Waals surface area contributed by atoms with Crippen LogP contribution in [0.25, 0.3) is 0 Å². The highest BCUT2D eigenvalue weighted by molar-refractivity contribution is 5.97. The molecule has 0 unspecified atom stereocenters. The van der Waals surface area contributed by atoms with E-state index in [9.17, 15) is 14.4 Å². The lowest BCUT2D eigenvalue weighted by Crippen LogP contribution is -2.32. The number of Topliss-reactive ketones (excluding diaryl/α,β-unsaturated/α-hetero) is 1. The third-order valence-electron chi connectivity index (χ3n) is 4.59. The SMILES string of the molecule is CC.CC(=O)CNC(=O)c1ccc(C)cc1C.CCCC[C@H](C)CC.CCNC(=O)OC(C)(C)C. The van der Waals surface area contributed by atoms with Crippen molar-refractivity contribution in [1.29, 1.82) is 0 Å². The summed E-state index contributed by atoms with van der Waals surface area (Å²) in [5.74, 6) is 0.714. The van der Waals surface area contributed by atoms with Crippen molar-refractivity contribution in [3.8, 4) is 0 Å². The van der Waals surface area contributed by atoms with E-state index >= 15 is 0 Å². The van der Waals surface area contributed by atoms with Crippen molar-refractivity contribution in [2.24, 2.45) is 5.92 Å². The fourth-order valence-corrected chi connectivity index (χ4v) is 2.58. The second-order valence-electron chi connectivity index (χ2n) is 9.39. The van der Waals surface area contributed by atoms with Gasteiger partial charge in [-0.1, -0.05) is 78.0 Å². The number of benzene rings is 1. The molecule has 6 heteroatoms. The largest absolute Gasteiger partial charge is 0.444 e. The monoisotopic (exact) mass is 494 g/mol. The minimum absolute atomic E-state index is 0.0480. The second kappa shape index (κ2) is 22.1. The first-order valence-electron chi connectivity index (χ1n) is 13.1. The van der Waals surface area contributed by atoms with E-state index in [0.29, 0.717) is 12.1 Å². The molecule has 0 aromatic heterocycles. The highest BCUT2D eigenvalue weighted by Crippen LogP contribution is 2.10. The average molecular weight is 495 g/mol. The number of ether oxygens (including phenoxy) is 1. The Morgan fingerprint density at radius 3 is 1.97 bits per heavy atom. The summed E-state index contributed by atoms with van der Waals surface area (Å²) in [6, 6.07) is 5.61. The second-order valence-corrected chi connectivity index (χ2v) is 9.39. The van der Waals surface area contributed by atoms with Gasteiger partial charge in [0.1, 0.15) is 11.4 Å². The molecule has 0 heterocycles. The molecule has 0 saturated heterocycles. The number of aryl methyl sites for hydroxylation is 2. The molecule has 0 aliphatic rings. The van der Waals surface area contributed by atoms with Crippen LogP contribution < -0.4 is 10.6 Å². The first-order chi connectivity index (χ1) is 16.3. The molecule has 2 amide bonds. The van der Waals surface area contributed by atoms with Gasteiger partial charge in [0.2, 0.25) is 0 Å². The number of ketones is 1. The van der Waals surface area contributed by atoms with Gasteiger partial charge in [-0.15, -0.1) is 0 Å². The van der Waals surface area contributed by atoms with Gasteiger partial charge in [0.25, 0.3) is 5.91 Å². The van der Waals surface area contributed by atoms with Crippen molar-refractivity contribution in [3.63, 3.8) is 0 Å². The quantitative estimate of drug-likeness (QED) is 0.394. The maximum absolute atomic E-state index is 11.6. The number of carbonyl (C=O) groups is 3. The predicted molar refractivity (Wildman–Crippen MR) is 149 cm³/mol. The lowest BCUT2D eigenvalue weighted by molar-refractivity contribution is -0.116. The van der Waals surface area contributed by atoms with Crippen LogP contribution in [0, 0.1) is 19.8 Å². The Morgan fingerprint density at radius 1 is 1.00 bits per heavy atom. The normalized spacial score (nSPS) is 10.6. The van der Waals surface area contributed by atoms with Gasteiger partial charge in [-0.2, -0.15) is 0 Å². The third-order valence-corrected chi connectivity index (χ3v) is 4.59. The van der Waals surface area contributed by atoms with Gasteiger partial charge in [0.15, 0.2) is 0 Å². The zero-order valence-corrected chi connectivity index (χ0v) is 24.7. The van der Waals surface area contributed by atoms with Crippen LogP contribution in [0.3, 0.4) is 0 Å². The molecule has 204 valence electrons. The number of nitrogens with one attached hydrogen (secondary N) is 2. The predicted octanol–water partition coefficient (Wildman–Crippen LogP) is 7.40. The summed E-state index contributed by atoms with van der Waals surface area (Å²) < 4.78 is 4.93. The first-order valence-corrected chi connectivity index (χ1v) is 13.1. The number of hydrogen-bond donors (Lipinski definition) is 2. The minimum atomic E-state index is -0.390. The number of alkyl carbamates (subject to hydrolysis) is 1. The molecule has 2 N–H and O–H groups in total. The Morgan fingerprint density at radius 2 is 1.57 bits per heavy atom. The smallest absolute Gasteiger partial charge is 0.407 e. The molecule has 1 aromatic rings. The first kappa shape index (κ1) is 37.2. The summed E-state index contributed by atoms with van der Waals surface area (Å²) in [6.07, 6.45) is 5.18. The van der Waals surface area contributed by atoms with Gasteiger partial charge < -0.3 is 15.4 Å². The van der Waals surface area contributed by atoms with Crippen LogP contribution in [0.5, 0.6) is 0 Å². The molecule has 0 aliphatic carbocycles. The van der Waals surface area contributed by atoms with E-state index in [0.717, 1.165) is 17.0 Å². The van der Waals surface area contributed by atoms with Crippen molar-refractivity contribution >= 4 is 17.8 Å².